The predicted molar refractivity (Wildman–Crippen MR) is 81.7 cm³/mol. The van der Waals surface area contributed by atoms with Gasteiger partial charge in [-0.1, -0.05) is 5.92 Å². The van der Waals surface area contributed by atoms with Crippen molar-refractivity contribution in [1.29, 1.82) is 0 Å². The minimum absolute atomic E-state index is 0.243. The number of benzene rings is 1. The Balaban J connectivity index is 2.81. The van der Waals surface area contributed by atoms with Crippen LogP contribution in [0.15, 0.2) is 17.0 Å². The molecule has 4 nitrogen and oxygen atoms in total. The standard InChI is InChI=1S/C13H18N2O2S2/c1-4-6-18-7-5-15-19(16,17)13-9-10(2)8-12(14)11(13)3/h1,8-9,15H,5-7,14H2,2-3H3. The van der Waals surface area contributed by atoms with Gasteiger partial charge < -0.3 is 5.73 Å². The predicted octanol–water partition coefficient (Wildman–Crippen LogP) is 1.53. The highest BCUT2D eigenvalue weighted by Gasteiger charge is 2.18. The molecule has 0 saturated heterocycles. The maximum Gasteiger partial charge on any atom is 0.240 e. The van der Waals surface area contributed by atoms with Crippen LogP contribution in [0, 0.1) is 26.2 Å². The number of nitrogens with two attached hydrogens (primary N) is 1. The Kier molecular flexibility index (Phi) is 5.73. The van der Waals surface area contributed by atoms with Gasteiger partial charge in [0.05, 0.1) is 10.6 Å². The Morgan fingerprint density at radius 2 is 2.11 bits per heavy atom. The van der Waals surface area contributed by atoms with E-state index < -0.39 is 10.0 Å². The molecule has 0 heterocycles. The molecule has 0 atom stereocenters. The summed E-state index contributed by atoms with van der Waals surface area (Å²) in [6, 6.07) is 3.39. The number of hydrogen-bond acceptors (Lipinski definition) is 4. The normalized spacial score (nSPS) is 11.2. The molecule has 0 aromatic heterocycles. The smallest absolute Gasteiger partial charge is 0.240 e. The van der Waals surface area contributed by atoms with Crippen molar-refractivity contribution in [3.05, 3.63) is 23.3 Å². The van der Waals surface area contributed by atoms with Crippen LogP contribution in [0.1, 0.15) is 11.1 Å². The van der Waals surface area contributed by atoms with Crippen LogP contribution in [0.5, 0.6) is 0 Å². The number of thioether (sulfide) groups is 1. The molecule has 1 aromatic carbocycles. The molecule has 104 valence electrons. The first-order chi connectivity index (χ1) is 8.88. The maximum absolute atomic E-state index is 12.2. The number of anilines is 1. The van der Waals surface area contributed by atoms with Gasteiger partial charge in [-0.3, -0.25) is 0 Å². The first-order valence-electron chi connectivity index (χ1n) is 5.76. The maximum atomic E-state index is 12.2. The summed E-state index contributed by atoms with van der Waals surface area (Å²) in [5.41, 5.74) is 7.68. The van der Waals surface area contributed by atoms with Gasteiger partial charge in [0.2, 0.25) is 10.0 Å². The summed E-state index contributed by atoms with van der Waals surface area (Å²) in [7, 11) is -3.52. The van der Waals surface area contributed by atoms with Crippen LogP contribution in [0.25, 0.3) is 0 Å². The lowest BCUT2D eigenvalue weighted by atomic mass is 10.1. The Morgan fingerprint density at radius 1 is 1.42 bits per heavy atom. The lowest BCUT2D eigenvalue weighted by Crippen LogP contribution is -2.27. The van der Waals surface area contributed by atoms with Gasteiger partial charge in [-0.25, -0.2) is 13.1 Å². The van der Waals surface area contributed by atoms with E-state index in [1.54, 1.807) is 19.1 Å². The summed E-state index contributed by atoms with van der Waals surface area (Å²) < 4.78 is 26.9. The molecule has 0 aliphatic carbocycles. The van der Waals surface area contributed by atoms with E-state index in [0.717, 1.165) is 5.56 Å². The molecule has 0 unspecified atom stereocenters. The Morgan fingerprint density at radius 3 is 2.74 bits per heavy atom. The zero-order valence-corrected chi connectivity index (χ0v) is 12.7. The summed E-state index contributed by atoms with van der Waals surface area (Å²) >= 11 is 1.51. The molecule has 0 spiro atoms. The SMILES string of the molecule is C#CCSCCNS(=O)(=O)c1cc(C)cc(N)c1C. The second kappa shape index (κ2) is 6.85. The van der Waals surface area contributed by atoms with Crippen molar-refractivity contribution >= 4 is 27.5 Å². The number of terminal acetylenes is 1. The molecule has 0 bridgehead atoms. The minimum atomic E-state index is -3.52. The van der Waals surface area contributed by atoms with Gasteiger partial charge >= 0.3 is 0 Å². The summed E-state index contributed by atoms with van der Waals surface area (Å²) in [5, 5.41) is 0. The highest BCUT2D eigenvalue weighted by molar-refractivity contribution is 7.99. The van der Waals surface area contributed by atoms with Crippen LogP contribution in [0.4, 0.5) is 5.69 Å². The van der Waals surface area contributed by atoms with E-state index in [1.165, 1.54) is 11.8 Å². The van der Waals surface area contributed by atoms with Crippen molar-refractivity contribution in [2.75, 3.05) is 23.8 Å². The van der Waals surface area contributed by atoms with Gasteiger partial charge in [-0.2, -0.15) is 0 Å². The fourth-order valence-electron chi connectivity index (χ4n) is 1.59. The largest absolute Gasteiger partial charge is 0.398 e. The van der Waals surface area contributed by atoms with Gasteiger partial charge in [-0.15, -0.1) is 18.2 Å². The molecule has 0 fully saturated rings. The van der Waals surface area contributed by atoms with Gasteiger partial charge in [0.1, 0.15) is 0 Å². The van der Waals surface area contributed by atoms with Crippen LogP contribution < -0.4 is 10.5 Å². The molecule has 0 radical (unpaired) electrons. The van der Waals surface area contributed by atoms with Crippen LogP contribution in [-0.4, -0.2) is 26.5 Å². The molecular formula is C13H18N2O2S2. The van der Waals surface area contributed by atoms with E-state index in [4.69, 9.17) is 12.2 Å². The highest BCUT2D eigenvalue weighted by Crippen LogP contribution is 2.22. The molecule has 1 rings (SSSR count). The Hall–Kier alpha value is -1.16. The average Bonchev–Trinajstić information content (AvgIpc) is 2.33. The first kappa shape index (κ1) is 15.9. The molecule has 0 aliphatic rings. The monoisotopic (exact) mass is 298 g/mol. The topological polar surface area (TPSA) is 72.2 Å². The van der Waals surface area contributed by atoms with E-state index in [-0.39, 0.29) is 4.90 Å². The van der Waals surface area contributed by atoms with E-state index in [9.17, 15) is 8.42 Å². The Labute approximate surface area is 119 Å². The van der Waals surface area contributed by atoms with Gasteiger partial charge in [-0.05, 0) is 37.1 Å². The van der Waals surface area contributed by atoms with Crippen molar-refractivity contribution in [2.45, 2.75) is 18.7 Å². The molecule has 6 heteroatoms. The van der Waals surface area contributed by atoms with Gasteiger partial charge in [0, 0.05) is 18.0 Å². The van der Waals surface area contributed by atoms with Gasteiger partial charge in [0.25, 0.3) is 0 Å². The van der Waals surface area contributed by atoms with E-state index in [0.29, 0.717) is 29.3 Å². The molecule has 0 amide bonds. The number of rotatable bonds is 6. The second-order valence-corrected chi connectivity index (χ2v) is 6.97. The summed E-state index contributed by atoms with van der Waals surface area (Å²) in [4.78, 5) is 0.243. The lowest BCUT2D eigenvalue weighted by Gasteiger charge is -2.12. The third-order valence-electron chi connectivity index (χ3n) is 2.56. The van der Waals surface area contributed by atoms with Crippen LogP contribution >= 0.6 is 11.8 Å². The third-order valence-corrected chi connectivity index (χ3v) is 5.01. The molecular weight excluding hydrogens is 280 g/mol. The number of sulfonamides is 1. The third kappa shape index (κ3) is 4.46. The molecule has 0 saturated carbocycles. The first-order valence-corrected chi connectivity index (χ1v) is 8.40. The number of nitrogens with one attached hydrogen (secondary N) is 1. The van der Waals surface area contributed by atoms with Crippen LogP contribution in [-0.2, 0) is 10.0 Å². The molecule has 3 N–H and O–H groups in total. The highest BCUT2D eigenvalue weighted by atomic mass is 32.2. The molecule has 1 aromatic rings. The molecule has 19 heavy (non-hydrogen) atoms. The molecule has 0 aliphatic heterocycles. The minimum Gasteiger partial charge on any atom is -0.398 e. The Bertz CT molecular complexity index is 589. The zero-order valence-electron chi connectivity index (χ0n) is 11.1. The average molecular weight is 298 g/mol. The number of hydrogen-bond donors (Lipinski definition) is 2. The summed E-state index contributed by atoms with van der Waals surface area (Å²) in [6.45, 7) is 3.87. The quantitative estimate of drug-likeness (QED) is 0.474. The van der Waals surface area contributed by atoms with Crippen molar-refractivity contribution in [3.8, 4) is 12.3 Å². The fraction of sp³-hybridized carbons (Fsp3) is 0.385. The van der Waals surface area contributed by atoms with E-state index >= 15 is 0 Å². The van der Waals surface area contributed by atoms with Gasteiger partial charge in [0.15, 0.2) is 0 Å². The van der Waals surface area contributed by atoms with Crippen LogP contribution in [0.3, 0.4) is 0 Å². The van der Waals surface area contributed by atoms with E-state index in [1.807, 2.05) is 6.92 Å². The van der Waals surface area contributed by atoms with Crippen LogP contribution in [0.2, 0.25) is 0 Å². The van der Waals surface area contributed by atoms with Crippen molar-refractivity contribution in [2.24, 2.45) is 0 Å². The zero-order chi connectivity index (χ0) is 14.5. The van der Waals surface area contributed by atoms with Crippen molar-refractivity contribution in [1.82, 2.24) is 4.72 Å². The second-order valence-electron chi connectivity index (χ2n) is 4.13. The van der Waals surface area contributed by atoms with Crippen molar-refractivity contribution in [3.63, 3.8) is 0 Å². The number of nitrogen functional groups attached to an aromatic ring is 1. The fourth-order valence-corrected chi connectivity index (χ4v) is 3.61. The summed E-state index contributed by atoms with van der Waals surface area (Å²) in [6.07, 6.45) is 5.12. The summed E-state index contributed by atoms with van der Waals surface area (Å²) in [5.74, 6) is 3.71. The number of aryl methyl sites for hydroxylation is 1. The lowest BCUT2D eigenvalue weighted by molar-refractivity contribution is 0.583. The van der Waals surface area contributed by atoms with Crippen molar-refractivity contribution < 1.29 is 8.42 Å². The van der Waals surface area contributed by atoms with E-state index in [2.05, 4.69) is 10.6 Å².